The summed E-state index contributed by atoms with van der Waals surface area (Å²) in [5, 5.41) is 24.0. The maximum atomic E-state index is 13.4. The first kappa shape index (κ1) is 27.6. The summed E-state index contributed by atoms with van der Waals surface area (Å²) in [6, 6.07) is 8.67. The zero-order valence-corrected chi connectivity index (χ0v) is 24.0. The molecule has 0 amide bonds. The molecule has 6 rings (SSSR count). The van der Waals surface area contributed by atoms with Gasteiger partial charge in [-0.15, -0.1) is 0 Å². The summed E-state index contributed by atoms with van der Waals surface area (Å²) in [6.45, 7) is 1.63. The first-order valence-corrected chi connectivity index (χ1v) is 12.9. The Hall–Kier alpha value is -5.58. The Bertz CT molecular complexity index is 2240. The van der Waals surface area contributed by atoms with E-state index in [0.29, 0.717) is 33.4 Å². The molecule has 11 heteroatoms. The molecule has 2 heterocycles. The molecule has 0 saturated heterocycles. The van der Waals surface area contributed by atoms with Gasteiger partial charge in [-0.3, -0.25) is 9.59 Å². The monoisotopic (exact) mass is 586 g/mol. The van der Waals surface area contributed by atoms with Crippen LogP contribution in [0.3, 0.4) is 0 Å². The summed E-state index contributed by atoms with van der Waals surface area (Å²) in [6.07, 6.45) is 0. The van der Waals surface area contributed by atoms with E-state index in [9.17, 15) is 19.8 Å². The Morgan fingerprint density at radius 2 is 1.33 bits per heavy atom. The molecular formula is C32H26O11. The molecule has 6 aromatic rings. The topological polar surface area (TPSA) is 147 Å². The number of ether oxygens (including phenoxy) is 5. The van der Waals surface area contributed by atoms with Crippen molar-refractivity contribution < 1.29 is 42.7 Å². The average Bonchev–Trinajstić information content (AvgIpc) is 2.99. The highest BCUT2D eigenvalue weighted by molar-refractivity contribution is 6.21. The Kier molecular flexibility index (Phi) is 6.45. The van der Waals surface area contributed by atoms with Crippen LogP contribution in [-0.4, -0.2) is 45.8 Å². The molecule has 0 aliphatic carbocycles. The highest BCUT2D eigenvalue weighted by atomic mass is 16.6. The second-order valence-electron chi connectivity index (χ2n) is 9.72. The highest BCUT2D eigenvalue weighted by Gasteiger charge is 2.30. The number of fused-ring (bicyclic) bond motifs is 6. The second kappa shape index (κ2) is 10.1. The standard InChI is InChI=1S/C32H26O11/c1-13-7-17(33)27-29(36)25(16-10-15(37-2)11-21(39-4)24(16)32(27)42-13)28-20(38-3)9-14-8-18(34)26-19(35)12-22(40-5)43-31(26)23(14)30(28)41-6/h7-12,34,36H,1-6H3. The van der Waals surface area contributed by atoms with Gasteiger partial charge in [0, 0.05) is 23.1 Å². The third kappa shape index (κ3) is 3.96. The zero-order chi connectivity index (χ0) is 30.7. The minimum atomic E-state index is -0.543. The van der Waals surface area contributed by atoms with Crippen molar-refractivity contribution in [3.05, 3.63) is 62.6 Å². The van der Waals surface area contributed by atoms with E-state index in [1.807, 2.05) is 0 Å². The van der Waals surface area contributed by atoms with Crippen molar-refractivity contribution in [1.29, 1.82) is 0 Å². The van der Waals surface area contributed by atoms with Crippen LogP contribution in [-0.2, 0) is 0 Å². The van der Waals surface area contributed by atoms with Gasteiger partial charge < -0.3 is 42.7 Å². The largest absolute Gasteiger partial charge is 0.507 e. The maximum absolute atomic E-state index is 13.4. The number of hydrogen-bond acceptors (Lipinski definition) is 11. The normalized spacial score (nSPS) is 11.4. The third-order valence-corrected chi connectivity index (χ3v) is 7.42. The quantitative estimate of drug-likeness (QED) is 0.234. The van der Waals surface area contributed by atoms with Crippen LogP contribution in [0.1, 0.15) is 5.76 Å². The SMILES string of the molecule is COc1cc(OC)c2c(c1)c(-c1c(OC)cc3cc(O)c4c(=O)cc(OC)oc4c3c1OC)c(O)c1c(=O)cc(C)oc12. The number of phenolic OH excluding ortho intramolecular Hbond substituents is 2. The molecule has 0 unspecified atom stereocenters. The Balaban J connectivity index is 1.95. The molecular weight excluding hydrogens is 560 g/mol. The number of phenols is 2. The van der Waals surface area contributed by atoms with Crippen molar-refractivity contribution in [2.75, 3.05) is 35.5 Å². The van der Waals surface area contributed by atoms with Gasteiger partial charge in [0.05, 0.1) is 58.0 Å². The van der Waals surface area contributed by atoms with Gasteiger partial charge in [0.2, 0.25) is 0 Å². The van der Waals surface area contributed by atoms with E-state index in [1.165, 1.54) is 47.7 Å². The fourth-order valence-electron chi connectivity index (χ4n) is 5.63. The molecule has 2 aromatic heterocycles. The van der Waals surface area contributed by atoms with Crippen LogP contribution in [0.5, 0.6) is 40.4 Å². The first-order chi connectivity index (χ1) is 20.7. The molecule has 4 aromatic carbocycles. The van der Waals surface area contributed by atoms with Crippen molar-refractivity contribution in [2.24, 2.45) is 0 Å². The minimum absolute atomic E-state index is 0.0185. The number of benzene rings is 4. The lowest BCUT2D eigenvalue weighted by Gasteiger charge is -2.21. The lowest BCUT2D eigenvalue weighted by Crippen LogP contribution is -2.05. The first-order valence-electron chi connectivity index (χ1n) is 12.9. The van der Waals surface area contributed by atoms with Crippen LogP contribution in [0.2, 0.25) is 0 Å². The molecule has 43 heavy (non-hydrogen) atoms. The van der Waals surface area contributed by atoms with Gasteiger partial charge in [0.1, 0.15) is 51.0 Å². The predicted octanol–water partition coefficient (Wildman–Crippen LogP) is 5.64. The lowest BCUT2D eigenvalue weighted by atomic mass is 9.90. The van der Waals surface area contributed by atoms with Gasteiger partial charge >= 0.3 is 0 Å². The summed E-state index contributed by atoms with van der Waals surface area (Å²) in [7, 11) is 7.11. The van der Waals surface area contributed by atoms with E-state index in [-0.39, 0.29) is 61.6 Å². The highest BCUT2D eigenvalue weighted by Crippen LogP contribution is 2.54. The minimum Gasteiger partial charge on any atom is -0.507 e. The molecule has 2 N–H and O–H groups in total. The molecule has 11 nitrogen and oxygen atoms in total. The van der Waals surface area contributed by atoms with Crippen LogP contribution in [0, 0.1) is 6.92 Å². The van der Waals surface area contributed by atoms with E-state index >= 15 is 0 Å². The van der Waals surface area contributed by atoms with Gasteiger partial charge in [0.15, 0.2) is 22.0 Å². The number of rotatable bonds is 6. The number of methoxy groups -OCH3 is 5. The molecule has 0 bridgehead atoms. The van der Waals surface area contributed by atoms with E-state index in [1.54, 1.807) is 25.1 Å². The molecule has 0 atom stereocenters. The van der Waals surface area contributed by atoms with Crippen molar-refractivity contribution in [1.82, 2.24) is 0 Å². The van der Waals surface area contributed by atoms with Crippen LogP contribution >= 0.6 is 0 Å². The summed E-state index contributed by atoms with van der Waals surface area (Å²) in [5.41, 5.74) is -0.575. The summed E-state index contributed by atoms with van der Waals surface area (Å²) < 4.78 is 40.1. The van der Waals surface area contributed by atoms with Crippen LogP contribution in [0.15, 0.2) is 54.8 Å². The molecule has 0 saturated carbocycles. The van der Waals surface area contributed by atoms with E-state index in [0.717, 1.165) is 6.07 Å². The lowest BCUT2D eigenvalue weighted by molar-refractivity contribution is 0.310. The van der Waals surface area contributed by atoms with Gasteiger partial charge in [-0.1, -0.05) is 0 Å². The fourth-order valence-corrected chi connectivity index (χ4v) is 5.63. The van der Waals surface area contributed by atoms with Gasteiger partial charge in [-0.05, 0) is 30.5 Å². The Morgan fingerprint density at radius 3 is 1.98 bits per heavy atom. The molecule has 220 valence electrons. The number of hydrogen-bond donors (Lipinski definition) is 2. The molecule has 0 aliphatic rings. The molecule has 0 aliphatic heterocycles. The summed E-state index contributed by atoms with van der Waals surface area (Å²) >= 11 is 0. The van der Waals surface area contributed by atoms with Gasteiger partial charge in [-0.2, -0.15) is 0 Å². The second-order valence-corrected chi connectivity index (χ2v) is 9.72. The number of aromatic hydroxyl groups is 2. The predicted molar refractivity (Wildman–Crippen MR) is 160 cm³/mol. The maximum Gasteiger partial charge on any atom is 0.288 e. The zero-order valence-electron chi connectivity index (χ0n) is 24.0. The molecule has 0 radical (unpaired) electrons. The van der Waals surface area contributed by atoms with Crippen molar-refractivity contribution in [3.8, 4) is 51.6 Å². The van der Waals surface area contributed by atoms with E-state index in [2.05, 4.69) is 0 Å². The average molecular weight is 587 g/mol. The Morgan fingerprint density at radius 1 is 0.628 bits per heavy atom. The summed E-state index contributed by atoms with van der Waals surface area (Å²) in [5.74, 6) is 0.544. The smallest absolute Gasteiger partial charge is 0.288 e. The van der Waals surface area contributed by atoms with Gasteiger partial charge in [0.25, 0.3) is 5.95 Å². The van der Waals surface area contributed by atoms with Crippen LogP contribution < -0.4 is 34.5 Å². The van der Waals surface area contributed by atoms with Crippen LogP contribution in [0.25, 0.3) is 54.6 Å². The number of aryl methyl sites for hydroxylation is 1. The van der Waals surface area contributed by atoms with Crippen molar-refractivity contribution in [2.45, 2.75) is 6.92 Å². The molecule has 0 spiro atoms. The van der Waals surface area contributed by atoms with Crippen LogP contribution in [0.4, 0.5) is 0 Å². The van der Waals surface area contributed by atoms with E-state index < -0.39 is 16.6 Å². The van der Waals surface area contributed by atoms with Crippen molar-refractivity contribution >= 4 is 43.5 Å². The van der Waals surface area contributed by atoms with Crippen molar-refractivity contribution in [3.63, 3.8) is 0 Å². The third-order valence-electron chi connectivity index (χ3n) is 7.42. The Labute approximate surface area is 242 Å². The van der Waals surface area contributed by atoms with E-state index in [4.69, 9.17) is 32.5 Å². The summed E-state index contributed by atoms with van der Waals surface area (Å²) in [4.78, 5) is 26.4. The molecule has 0 fully saturated rings. The fraction of sp³-hybridized carbons (Fsp3) is 0.188. The van der Waals surface area contributed by atoms with Gasteiger partial charge in [-0.25, -0.2) is 0 Å².